The van der Waals surface area contributed by atoms with Gasteiger partial charge in [-0.15, -0.1) is 6.58 Å². The Morgan fingerprint density at radius 3 is 1.96 bits per heavy atom. The third kappa shape index (κ3) is 9.81. The van der Waals surface area contributed by atoms with Crippen LogP contribution < -0.4 is 4.74 Å². The average Bonchev–Trinajstić information content (AvgIpc) is 2.69. The molecule has 0 aliphatic rings. The maximum atomic E-state index is 5.86. The quantitative estimate of drug-likeness (QED) is 0.388. The molecule has 3 rings (SSSR count). The first-order valence-electron chi connectivity index (χ1n) is 9.14. The van der Waals surface area contributed by atoms with Crippen LogP contribution >= 0.6 is 15.9 Å². The maximum Gasteiger partial charge on any atom is 0.124 e. The van der Waals surface area contributed by atoms with Gasteiger partial charge in [0.25, 0.3) is 0 Å². The van der Waals surface area contributed by atoms with Gasteiger partial charge in [-0.3, -0.25) is 0 Å². The van der Waals surface area contributed by atoms with Crippen molar-refractivity contribution in [1.82, 2.24) is 0 Å². The number of benzene rings is 3. The van der Waals surface area contributed by atoms with Crippen LogP contribution in [0.3, 0.4) is 0 Å². The van der Waals surface area contributed by atoms with E-state index >= 15 is 0 Å². The van der Waals surface area contributed by atoms with Crippen molar-refractivity contribution in [2.75, 3.05) is 0 Å². The minimum Gasteiger partial charge on any atom is -0.489 e. The Balaban J connectivity index is 0.000000301. The first-order chi connectivity index (χ1) is 13.1. The Morgan fingerprint density at radius 2 is 1.48 bits per heavy atom. The van der Waals surface area contributed by atoms with Gasteiger partial charge >= 0.3 is 0 Å². The largest absolute Gasteiger partial charge is 0.489 e. The van der Waals surface area contributed by atoms with E-state index in [2.05, 4.69) is 66.7 Å². The van der Waals surface area contributed by atoms with Crippen molar-refractivity contribution in [3.05, 3.63) is 113 Å². The van der Waals surface area contributed by atoms with Crippen LogP contribution in [0.5, 0.6) is 5.75 Å². The molecule has 0 saturated carbocycles. The summed E-state index contributed by atoms with van der Waals surface area (Å²) in [6.07, 6.45) is 2.73. The van der Waals surface area contributed by atoms with Crippen LogP contribution in [0, 0.1) is 6.92 Å². The fraction of sp³-hybridized carbons (Fsp3) is 0.200. The molecule has 0 heterocycles. The second kappa shape index (κ2) is 13.8. The van der Waals surface area contributed by atoms with E-state index in [0.29, 0.717) is 6.61 Å². The van der Waals surface area contributed by atoms with E-state index in [1.807, 2.05) is 55.5 Å². The number of aryl methyl sites for hydroxylation is 2. The minimum absolute atomic E-state index is 0.615. The molecule has 3 aromatic carbocycles. The molecule has 27 heavy (non-hydrogen) atoms. The summed E-state index contributed by atoms with van der Waals surface area (Å²) in [7, 11) is 0. The summed E-state index contributed by atoms with van der Waals surface area (Å²) in [5.41, 5.74) is 3.75. The molecule has 3 aromatic rings. The van der Waals surface area contributed by atoms with Crippen LogP contribution in [0.1, 0.15) is 30.5 Å². The number of hydrogen-bond acceptors (Lipinski definition) is 1. The van der Waals surface area contributed by atoms with Gasteiger partial charge in [-0.1, -0.05) is 101 Å². The molecule has 0 saturated heterocycles. The summed E-state index contributed by atoms with van der Waals surface area (Å²) >= 11 is 3.47. The molecule has 0 fully saturated rings. The van der Waals surface area contributed by atoms with Crippen molar-refractivity contribution in [2.45, 2.75) is 33.8 Å². The first-order valence-corrected chi connectivity index (χ1v) is 9.93. The van der Waals surface area contributed by atoms with E-state index < -0.39 is 0 Å². The Kier molecular flexibility index (Phi) is 11.6. The van der Waals surface area contributed by atoms with E-state index in [0.717, 1.165) is 16.6 Å². The number of rotatable bonds is 4. The van der Waals surface area contributed by atoms with Gasteiger partial charge in [0, 0.05) is 4.47 Å². The molecule has 0 atom stereocenters. The van der Waals surface area contributed by atoms with Gasteiger partial charge in [0.15, 0.2) is 0 Å². The van der Waals surface area contributed by atoms with E-state index in [9.17, 15) is 0 Å². The molecule has 0 bridgehead atoms. The molecular formula is C25H29BrO. The zero-order valence-electron chi connectivity index (χ0n) is 16.5. The molecule has 0 amide bonds. The lowest BCUT2D eigenvalue weighted by molar-refractivity contribution is 0.303. The Morgan fingerprint density at radius 1 is 0.926 bits per heavy atom. The summed E-state index contributed by atoms with van der Waals surface area (Å²) in [6, 6.07) is 26.7. The van der Waals surface area contributed by atoms with E-state index in [1.165, 1.54) is 16.7 Å². The van der Waals surface area contributed by atoms with Crippen molar-refractivity contribution in [3.63, 3.8) is 0 Å². The normalized spacial score (nSPS) is 9.19. The van der Waals surface area contributed by atoms with Gasteiger partial charge in [0.05, 0.1) is 0 Å². The Bertz CT molecular complexity index is 767. The highest BCUT2D eigenvalue weighted by Gasteiger charge is 2.03. The smallest absolute Gasteiger partial charge is 0.124 e. The Labute approximate surface area is 172 Å². The van der Waals surface area contributed by atoms with Crippen molar-refractivity contribution in [1.29, 1.82) is 0 Å². The molecule has 0 radical (unpaired) electrons. The zero-order valence-corrected chi connectivity index (χ0v) is 18.1. The van der Waals surface area contributed by atoms with Gasteiger partial charge in [-0.05, 0) is 43.5 Å². The minimum atomic E-state index is 0.615. The lowest BCUT2D eigenvalue weighted by Crippen LogP contribution is -1.98. The second-order valence-corrected chi connectivity index (χ2v) is 6.86. The third-order valence-electron chi connectivity index (χ3n) is 3.59. The molecule has 1 nitrogen and oxygen atoms in total. The molecular weight excluding hydrogens is 396 g/mol. The Hall–Kier alpha value is -2.32. The summed E-state index contributed by atoms with van der Waals surface area (Å²) in [5.74, 6) is 0.964. The van der Waals surface area contributed by atoms with Gasteiger partial charge in [-0.2, -0.15) is 0 Å². The highest BCUT2D eigenvalue weighted by Crippen LogP contribution is 2.25. The van der Waals surface area contributed by atoms with Crippen molar-refractivity contribution < 1.29 is 4.74 Å². The van der Waals surface area contributed by atoms with Crippen LogP contribution in [0.4, 0.5) is 0 Å². The third-order valence-corrected chi connectivity index (χ3v) is 4.08. The van der Waals surface area contributed by atoms with Crippen LogP contribution in [0.25, 0.3) is 0 Å². The predicted octanol–water partition coefficient (Wildman–Crippen LogP) is 7.78. The number of allylic oxidation sites excluding steroid dienone is 1. The summed E-state index contributed by atoms with van der Waals surface area (Å²) < 4.78 is 6.92. The maximum absolute atomic E-state index is 5.86. The monoisotopic (exact) mass is 424 g/mol. The van der Waals surface area contributed by atoms with E-state index in [1.54, 1.807) is 6.08 Å². The first kappa shape index (κ1) is 22.7. The van der Waals surface area contributed by atoms with Gasteiger partial charge in [0.2, 0.25) is 0 Å². The molecule has 0 aromatic heterocycles. The van der Waals surface area contributed by atoms with E-state index in [-0.39, 0.29) is 0 Å². The summed E-state index contributed by atoms with van der Waals surface area (Å²) in [6.45, 7) is 10.1. The molecule has 0 unspecified atom stereocenters. The molecule has 0 N–H and O–H groups in total. The molecule has 2 heteroatoms. The van der Waals surface area contributed by atoms with Crippen LogP contribution in [-0.2, 0) is 13.0 Å². The average molecular weight is 425 g/mol. The number of halogens is 1. The van der Waals surface area contributed by atoms with Crippen LogP contribution in [0.2, 0.25) is 0 Å². The highest BCUT2D eigenvalue weighted by atomic mass is 79.9. The standard InChI is InChI=1S/C15H15BrO.C7H8.C3H6/c1-2-13-8-9-14(16)10-15(13)17-11-12-6-4-3-5-7-12;1-7-5-3-2-4-6-7;1-3-2/h3-10H,2,11H2,1H3;2-6H,1H3;3H,1H2,2H3. The number of hydrogen-bond donors (Lipinski definition) is 0. The summed E-state index contributed by atoms with van der Waals surface area (Å²) in [4.78, 5) is 0. The van der Waals surface area contributed by atoms with Crippen molar-refractivity contribution in [3.8, 4) is 5.75 Å². The van der Waals surface area contributed by atoms with Crippen molar-refractivity contribution >= 4 is 15.9 Å². The molecule has 0 aliphatic heterocycles. The molecule has 0 aliphatic carbocycles. The molecule has 0 spiro atoms. The van der Waals surface area contributed by atoms with Gasteiger partial charge < -0.3 is 4.74 Å². The van der Waals surface area contributed by atoms with Crippen LogP contribution in [0.15, 0.2) is 96.0 Å². The summed E-state index contributed by atoms with van der Waals surface area (Å²) in [5, 5.41) is 0. The topological polar surface area (TPSA) is 9.23 Å². The fourth-order valence-corrected chi connectivity index (χ4v) is 2.56. The van der Waals surface area contributed by atoms with Crippen molar-refractivity contribution in [2.24, 2.45) is 0 Å². The zero-order chi connectivity index (χ0) is 19.9. The number of ether oxygens (including phenoxy) is 1. The van der Waals surface area contributed by atoms with E-state index in [4.69, 9.17) is 4.74 Å². The molecule has 142 valence electrons. The van der Waals surface area contributed by atoms with Gasteiger partial charge in [0.1, 0.15) is 12.4 Å². The lowest BCUT2D eigenvalue weighted by Gasteiger charge is -2.11. The lowest BCUT2D eigenvalue weighted by atomic mass is 10.1. The van der Waals surface area contributed by atoms with Crippen LogP contribution in [-0.4, -0.2) is 0 Å². The van der Waals surface area contributed by atoms with Gasteiger partial charge in [-0.25, -0.2) is 0 Å². The second-order valence-electron chi connectivity index (χ2n) is 5.94. The SMILES string of the molecule is C=CC.CCc1ccc(Br)cc1OCc1ccccc1.Cc1ccccc1. The highest BCUT2D eigenvalue weighted by molar-refractivity contribution is 9.10. The fourth-order valence-electron chi connectivity index (χ4n) is 2.22. The predicted molar refractivity (Wildman–Crippen MR) is 121 cm³/mol.